The summed E-state index contributed by atoms with van der Waals surface area (Å²) in [5.41, 5.74) is -0.459. The Morgan fingerprint density at radius 3 is 2.27 bits per heavy atom. The van der Waals surface area contributed by atoms with Crippen LogP contribution in [0.15, 0.2) is 18.2 Å². The quantitative estimate of drug-likeness (QED) is 0.826. The molecule has 4 heteroatoms. The predicted molar refractivity (Wildman–Crippen MR) is 51.4 cm³/mol. The van der Waals surface area contributed by atoms with Crippen LogP contribution in [-0.2, 0) is 19.2 Å². The number of hydrogen-bond acceptors (Lipinski definition) is 1. The average Bonchev–Trinajstić information content (AvgIpc) is 2.16. The molecule has 1 nitrogen and oxygen atoms in total. The maximum absolute atomic E-state index is 12.7. The van der Waals surface area contributed by atoms with Crippen molar-refractivity contribution in [2.75, 3.05) is 0 Å². The molecule has 0 saturated carbocycles. The monoisotopic (exact) mass is 218 g/mol. The SMILES string of the molecule is CCCc1cccc(CO)c1C(F)(F)F. The van der Waals surface area contributed by atoms with Gasteiger partial charge in [0.05, 0.1) is 12.2 Å². The van der Waals surface area contributed by atoms with Gasteiger partial charge in [-0.25, -0.2) is 0 Å². The molecule has 15 heavy (non-hydrogen) atoms. The molecule has 0 saturated heterocycles. The molecule has 0 heterocycles. The molecule has 0 aliphatic heterocycles. The lowest BCUT2D eigenvalue weighted by Gasteiger charge is -2.15. The molecular weight excluding hydrogens is 205 g/mol. The van der Waals surface area contributed by atoms with Crippen LogP contribution in [0.25, 0.3) is 0 Å². The lowest BCUT2D eigenvalue weighted by Crippen LogP contribution is -2.13. The van der Waals surface area contributed by atoms with Crippen molar-refractivity contribution >= 4 is 0 Å². The summed E-state index contributed by atoms with van der Waals surface area (Å²) in [4.78, 5) is 0. The minimum atomic E-state index is -4.39. The van der Waals surface area contributed by atoms with Crippen molar-refractivity contribution in [3.8, 4) is 0 Å². The fourth-order valence-corrected chi connectivity index (χ4v) is 1.63. The minimum Gasteiger partial charge on any atom is -0.392 e. The lowest BCUT2D eigenvalue weighted by molar-refractivity contribution is -0.139. The van der Waals surface area contributed by atoms with Crippen molar-refractivity contribution in [1.82, 2.24) is 0 Å². The molecule has 0 aliphatic rings. The standard InChI is InChI=1S/C11H13F3O/c1-2-4-8-5-3-6-9(7-15)10(8)11(12,13)14/h3,5-6,15H,2,4,7H2,1H3. The molecule has 0 bridgehead atoms. The van der Waals surface area contributed by atoms with Crippen LogP contribution in [0.5, 0.6) is 0 Å². The summed E-state index contributed by atoms with van der Waals surface area (Å²) in [6.07, 6.45) is -3.36. The lowest BCUT2D eigenvalue weighted by atomic mass is 9.98. The van der Waals surface area contributed by atoms with Gasteiger partial charge in [-0.1, -0.05) is 31.5 Å². The first-order valence-corrected chi connectivity index (χ1v) is 4.79. The third kappa shape index (κ3) is 2.72. The van der Waals surface area contributed by atoms with Crippen LogP contribution in [0.1, 0.15) is 30.0 Å². The third-order valence-electron chi connectivity index (χ3n) is 2.21. The molecule has 0 unspecified atom stereocenters. The van der Waals surface area contributed by atoms with Crippen molar-refractivity contribution in [3.63, 3.8) is 0 Å². The summed E-state index contributed by atoms with van der Waals surface area (Å²) >= 11 is 0. The number of alkyl halides is 3. The van der Waals surface area contributed by atoms with E-state index in [1.807, 2.05) is 6.92 Å². The average molecular weight is 218 g/mol. The molecule has 0 aliphatic carbocycles. The van der Waals surface area contributed by atoms with Crippen LogP contribution in [0, 0.1) is 0 Å². The Morgan fingerprint density at radius 2 is 1.80 bits per heavy atom. The fourth-order valence-electron chi connectivity index (χ4n) is 1.63. The van der Waals surface area contributed by atoms with Crippen molar-refractivity contribution in [1.29, 1.82) is 0 Å². The molecule has 1 rings (SSSR count). The maximum Gasteiger partial charge on any atom is 0.417 e. The van der Waals surface area contributed by atoms with Gasteiger partial charge in [0.2, 0.25) is 0 Å². The number of aliphatic hydroxyl groups excluding tert-OH is 1. The summed E-state index contributed by atoms with van der Waals surface area (Å²) in [6.45, 7) is 1.25. The van der Waals surface area contributed by atoms with E-state index >= 15 is 0 Å². The van der Waals surface area contributed by atoms with Gasteiger partial charge in [0, 0.05) is 0 Å². The number of benzene rings is 1. The molecule has 0 atom stereocenters. The molecule has 0 radical (unpaired) electrons. The number of aryl methyl sites for hydroxylation is 1. The Balaban J connectivity index is 3.27. The smallest absolute Gasteiger partial charge is 0.392 e. The zero-order valence-electron chi connectivity index (χ0n) is 8.43. The summed E-state index contributed by atoms with van der Waals surface area (Å²) < 4.78 is 38.1. The van der Waals surface area contributed by atoms with Gasteiger partial charge in [-0.2, -0.15) is 13.2 Å². The Morgan fingerprint density at radius 1 is 1.20 bits per heavy atom. The molecule has 0 aromatic heterocycles. The number of aliphatic hydroxyl groups is 1. The van der Waals surface area contributed by atoms with Crippen LogP contribution in [-0.4, -0.2) is 5.11 Å². The van der Waals surface area contributed by atoms with Crippen LogP contribution < -0.4 is 0 Å². The van der Waals surface area contributed by atoms with Crippen molar-refractivity contribution < 1.29 is 18.3 Å². The van der Waals surface area contributed by atoms with Crippen molar-refractivity contribution in [2.45, 2.75) is 32.5 Å². The largest absolute Gasteiger partial charge is 0.417 e. The second-order valence-corrected chi connectivity index (χ2v) is 3.36. The zero-order valence-corrected chi connectivity index (χ0v) is 8.43. The van der Waals surface area contributed by atoms with Gasteiger partial charge in [-0.05, 0) is 17.5 Å². The third-order valence-corrected chi connectivity index (χ3v) is 2.21. The summed E-state index contributed by atoms with van der Waals surface area (Å²) in [5.74, 6) is 0. The molecule has 1 aromatic rings. The summed E-state index contributed by atoms with van der Waals surface area (Å²) in [6, 6.07) is 4.32. The minimum absolute atomic E-state index is 0.0477. The molecule has 0 amide bonds. The van der Waals surface area contributed by atoms with Gasteiger partial charge in [0.25, 0.3) is 0 Å². The molecule has 1 N–H and O–H groups in total. The Hall–Kier alpha value is -1.03. The van der Waals surface area contributed by atoms with Gasteiger partial charge in [0.15, 0.2) is 0 Å². The van der Waals surface area contributed by atoms with E-state index in [4.69, 9.17) is 5.11 Å². The highest BCUT2D eigenvalue weighted by molar-refractivity contribution is 5.37. The first-order chi connectivity index (χ1) is 7.00. The molecular formula is C11H13F3O. The maximum atomic E-state index is 12.7. The van der Waals surface area contributed by atoms with Gasteiger partial charge in [-0.15, -0.1) is 0 Å². The van der Waals surface area contributed by atoms with E-state index in [2.05, 4.69) is 0 Å². The second kappa shape index (κ2) is 4.66. The molecule has 0 spiro atoms. The normalized spacial score (nSPS) is 11.8. The van der Waals surface area contributed by atoms with E-state index in [0.29, 0.717) is 12.8 Å². The van der Waals surface area contributed by atoms with Crippen molar-refractivity contribution in [2.24, 2.45) is 0 Å². The van der Waals surface area contributed by atoms with Crippen LogP contribution in [0.3, 0.4) is 0 Å². The first-order valence-electron chi connectivity index (χ1n) is 4.79. The second-order valence-electron chi connectivity index (χ2n) is 3.36. The van der Waals surface area contributed by atoms with E-state index in [-0.39, 0.29) is 11.1 Å². The van der Waals surface area contributed by atoms with E-state index in [1.54, 1.807) is 6.07 Å². The fraction of sp³-hybridized carbons (Fsp3) is 0.455. The van der Waals surface area contributed by atoms with E-state index in [9.17, 15) is 13.2 Å². The van der Waals surface area contributed by atoms with E-state index < -0.39 is 18.3 Å². The molecule has 84 valence electrons. The van der Waals surface area contributed by atoms with Gasteiger partial charge in [-0.3, -0.25) is 0 Å². The van der Waals surface area contributed by atoms with Crippen molar-refractivity contribution in [3.05, 3.63) is 34.9 Å². The Labute approximate surface area is 86.5 Å². The highest BCUT2D eigenvalue weighted by Gasteiger charge is 2.35. The first kappa shape index (κ1) is 12.0. The van der Waals surface area contributed by atoms with Gasteiger partial charge >= 0.3 is 6.18 Å². The highest BCUT2D eigenvalue weighted by Crippen LogP contribution is 2.35. The number of hydrogen-bond donors (Lipinski definition) is 1. The summed E-state index contributed by atoms with van der Waals surface area (Å²) in [7, 11) is 0. The molecule has 0 fully saturated rings. The topological polar surface area (TPSA) is 20.2 Å². The van der Waals surface area contributed by atoms with Crippen LogP contribution in [0.4, 0.5) is 13.2 Å². The Bertz CT molecular complexity index is 331. The molecule has 1 aromatic carbocycles. The van der Waals surface area contributed by atoms with E-state index in [1.165, 1.54) is 12.1 Å². The predicted octanol–water partition coefficient (Wildman–Crippen LogP) is 3.15. The highest BCUT2D eigenvalue weighted by atomic mass is 19.4. The van der Waals surface area contributed by atoms with Crippen LogP contribution in [0.2, 0.25) is 0 Å². The zero-order chi connectivity index (χ0) is 11.5. The number of rotatable bonds is 3. The van der Waals surface area contributed by atoms with Crippen LogP contribution >= 0.6 is 0 Å². The van der Waals surface area contributed by atoms with Gasteiger partial charge < -0.3 is 5.11 Å². The number of halogens is 3. The van der Waals surface area contributed by atoms with Gasteiger partial charge in [0.1, 0.15) is 0 Å². The Kier molecular flexibility index (Phi) is 3.74. The summed E-state index contributed by atoms with van der Waals surface area (Å²) in [5, 5.41) is 8.87. The van der Waals surface area contributed by atoms with E-state index in [0.717, 1.165) is 0 Å².